The molecule has 1 aliphatic heterocycles. The van der Waals surface area contributed by atoms with E-state index >= 15 is 0 Å². The van der Waals surface area contributed by atoms with E-state index in [-0.39, 0.29) is 17.4 Å². The van der Waals surface area contributed by atoms with E-state index in [2.05, 4.69) is 57.8 Å². The smallest absolute Gasteiger partial charge is 0.309 e. The Bertz CT molecular complexity index is 692. The fourth-order valence-electron chi connectivity index (χ4n) is 4.88. The van der Waals surface area contributed by atoms with E-state index in [0.29, 0.717) is 12.6 Å². The van der Waals surface area contributed by atoms with E-state index in [1.807, 2.05) is 14.0 Å². The third-order valence-electron chi connectivity index (χ3n) is 6.59. The molecule has 0 radical (unpaired) electrons. The molecule has 6 heteroatoms. The normalized spacial score (nSPS) is 20.8. The van der Waals surface area contributed by atoms with Crippen LogP contribution in [0.15, 0.2) is 35.3 Å². The first kappa shape index (κ1) is 22.6. The summed E-state index contributed by atoms with van der Waals surface area (Å²) in [6.45, 7) is 7.12. The number of nitrogens with zero attached hydrogens (tertiary/aromatic N) is 2. The molecular formula is C24H38N4O2. The van der Waals surface area contributed by atoms with Crippen LogP contribution in [0.3, 0.4) is 0 Å². The Hall–Kier alpha value is -2.08. The van der Waals surface area contributed by atoms with E-state index < -0.39 is 0 Å². The molecule has 0 amide bonds. The van der Waals surface area contributed by atoms with Crippen LogP contribution < -0.4 is 10.6 Å². The Morgan fingerprint density at radius 2 is 1.90 bits per heavy atom. The van der Waals surface area contributed by atoms with Crippen LogP contribution in [-0.4, -0.2) is 55.7 Å². The molecule has 1 unspecified atom stereocenters. The van der Waals surface area contributed by atoms with Crippen LogP contribution in [0.25, 0.3) is 0 Å². The van der Waals surface area contributed by atoms with E-state index in [4.69, 9.17) is 4.74 Å². The molecule has 0 spiro atoms. The van der Waals surface area contributed by atoms with Crippen molar-refractivity contribution in [3.8, 4) is 0 Å². The number of esters is 1. The summed E-state index contributed by atoms with van der Waals surface area (Å²) in [6.07, 6.45) is 6.54. The standard InChI is InChI=1S/C24H38N4O2/c1-4-30-22(29)21-12-16-28(17-13-21)23(25-3)26-18-24(14-8-9-15-24)27-19(2)20-10-6-5-7-11-20/h5-7,10-11,19,21,27H,4,8-9,12-18H2,1-3H3,(H,25,26). The number of rotatable bonds is 7. The Labute approximate surface area is 181 Å². The minimum Gasteiger partial charge on any atom is -0.466 e. The van der Waals surface area contributed by atoms with Crippen molar-refractivity contribution in [2.24, 2.45) is 10.9 Å². The van der Waals surface area contributed by atoms with Gasteiger partial charge < -0.3 is 20.3 Å². The predicted molar refractivity (Wildman–Crippen MR) is 121 cm³/mol. The van der Waals surface area contributed by atoms with Gasteiger partial charge in [-0.3, -0.25) is 9.79 Å². The van der Waals surface area contributed by atoms with Gasteiger partial charge in [-0.2, -0.15) is 0 Å². The van der Waals surface area contributed by atoms with Crippen LogP contribution in [0.2, 0.25) is 0 Å². The fraction of sp³-hybridized carbons (Fsp3) is 0.667. The molecule has 1 atom stereocenters. The summed E-state index contributed by atoms with van der Waals surface area (Å²) in [7, 11) is 1.85. The highest BCUT2D eigenvalue weighted by Crippen LogP contribution is 2.32. The molecule has 1 aromatic rings. The molecule has 3 rings (SSSR count). The van der Waals surface area contributed by atoms with Crippen LogP contribution in [-0.2, 0) is 9.53 Å². The van der Waals surface area contributed by atoms with Crippen molar-refractivity contribution in [2.75, 3.05) is 33.3 Å². The molecule has 0 aromatic heterocycles. The van der Waals surface area contributed by atoms with Crippen molar-refractivity contribution in [3.05, 3.63) is 35.9 Å². The summed E-state index contributed by atoms with van der Waals surface area (Å²) in [5, 5.41) is 7.58. The first-order valence-corrected chi connectivity index (χ1v) is 11.5. The van der Waals surface area contributed by atoms with Crippen LogP contribution in [0.1, 0.15) is 64.0 Å². The third kappa shape index (κ3) is 5.75. The quantitative estimate of drug-likeness (QED) is 0.406. The van der Waals surface area contributed by atoms with Crippen molar-refractivity contribution in [1.29, 1.82) is 0 Å². The van der Waals surface area contributed by atoms with Gasteiger partial charge in [-0.25, -0.2) is 0 Å². The molecule has 1 saturated carbocycles. The van der Waals surface area contributed by atoms with Crippen molar-refractivity contribution < 1.29 is 9.53 Å². The second-order valence-corrected chi connectivity index (χ2v) is 8.68. The molecular weight excluding hydrogens is 376 g/mol. The van der Waals surface area contributed by atoms with E-state index in [1.165, 1.54) is 31.2 Å². The number of nitrogens with one attached hydrogen (secondary N) is 2. The minimum absolute atomic E-state index is 0.0221. The number of likely N-dealkylation sites (tertiary alicyclic amines) is 1. The Balaban J connectivity index is 1.55. The van der Waals surface area contributed by atoms with Crippen molar-refractivity contribution in [2.45, 2.75) is 64.0 Å². The predicted octanol–water partition coefficient (Wildman–Crippen LogP) is 3.50. The molecule has 1 heterocycles. The van der Waals surface area contributed by atoms with Crippen LogP contribution >= 0.6 is 0 Å². The van der Waals surface area contributed by atoms with Gasteiger partial charge in [-0.15, -0.1) is 0 Å². The first-order valence-electron chi connectivity index (χ1n) is 11.5. The highest BCUT2D eigenvalue weighted by atomic mass is 16.5. The monoisotopic (exact) mass is 414 g/mol. The lowest BCUT2D eigenvalue weighted by molar-refractivity contribution is -0.149. The Kier molecular flexibility index (Phi) is 8.14. The highest BCUT2D eigenvalue weighted by molar-refractivity contribution is 5.80. The van der Waals surface area contributed by atoms with Gasteiger partial charge in [-0.05, 0) is 45.1 Å². The number of piperidine rings is 1. The van der Waals surface area contributed by atoms with Gasteiger partial charge in [0.1, 0.15) is 0 Å². The molecule has 2 N–H and O–H groups in total. The zero-order valence-electron chi connectivity index (χ0n) is 18.8. The average molecular weight is 415 g/mol. The zero-order chi connectivity index (χ0) is 21.4. The summed E-state index contributed by atoms with van der Waals surface area (Å²) in [4.78, 5) is 18.8. The number of carbonyl (C=O) groups is 1. The van der Waals surface area contributed by atoms with Gasteiger partial charge >= 0.3 is 5.97 Å². The summed E-state index contributed by atoms with van der Waals surface area (Å²) in [5.41, 5.74) is 1.42. The first-order chi connectivity index (χ1) is 14.6. The molecule has 6 nitrogen and oxygen atoms in total. The molecule has 2 aliphatic rings. The number of aliphatic imine (C=N–C) groups is 1. The van der Waals surface area contributed by atoms with Crippen molar-refractivity contribution in [3.63, 3.8) is 0 Å². The number of ether oxygens (including phenoxy) is 1. The van der Waals surface area contributed by atoms with Crippen LogP contribution in [0.5, 0.6) is 0 Å². The van der Waals surface area contributed by atoms with E-state index in [0.717, 1.165) is 38.4 Å². The molecule has 0 bridgehead atoms. The van der Waals surface area contributed by atoms with Crippen molar-refractivity contribution in [1.82, 2.24) is 15.5 Å². The zero-order valence-corrected chi connectivity index (χ0v) is 18.8. The van der Waals surface area contributed by atoms with E-state index in [9.17, 15) is 4.79 Å². The number of hydrogen-bond acceptors (Lipinski definition) is 4. The maximum atomic E-state index is 12.0. The maximum absolute atomic E-state index is 12.0. The van der Waals surface area contributed by atoms with E-state index in [1.54, 1.807) is 0 Å². The lowest BCUT2D eigenvalue weighted by Gasteiger charge is -2.37. The molecule has 2 fully saturated rings. The minimum atomic E-state index is -0.0518. The molecule has 1 saturated heterocycles. The third-order valence-corrected chi connectivity index (χ3v) is 6.59. The highest BCUT2D eigenvalue weighted by Gasteiger charge is 2.36. The van der Waals surface area contributed by atoms with Gasteiger partial charge in [0.25, 0.3) is 0 Å². The summed E-state index contributed by atoms with van der Waals surface area (Å²) in [6, 6.07) is 11.0. The van der Waals surface area contributed by atoms with Crippen LogP contribution in [0, 0.1) is 5.92 Å². The SMILES string of the molecule is CCOC(=O)C1CCN(C(=NC)NCC2(NC(C)c3ccccc3)CCCC2)CC1. The second kappa shape index (κ2) is 10.8. The summed E-state index contributed by atoms with van der Waals surface area (Å²) >= 11 is 0. The molecule has 1 aromatic carbocycles. The number of guanidine groups is 1. The second-order valence-electron chi connectivity index (χ2n) is 8.68. The number of benzene rings is 1. The summed E-state index contributed by atoms with van der Waals surface area (Å²) in [5.74, 6) is 0.913. The maximum Gasteiger partial charge on any atom is 0.309 e. The summed E-state index contributed by atoms with van der Waals surface area (Å²) < 4.78 is 5.19. The lowest BCUT2D eigenvalue weighted by Crippen LogP contribution is -2.55. The topological polar surface area (TPSA) is 66.0 Å². The van der Waals surface area contributed by atoms with Gasteiger partial charge in [-0.1, -0.05) is 43.2 Å². The molecule has 166 valence electrons. The number of carbonyl (C=O) groups excluding carboxylic acids is 1. The number of hydrogen-bond donors (Lipinski definition) is 2. The largest absolute Gasteiger partial charge is 0.466 e. The van der Waals surface area contributed by atoms with Gasteiger partial charge in [0, 0.05) is 38.3 Å². The van der Waals surface area contributed by atoms with Gasteiger partial charge in [0.2, 0.25) is 0 Å². The Morgan fingerprint density at radius 1 is 1.23 bits per heavy atom. The molecule has 30 heavy (non-hydrogen) atoms. The molecule has 1 aliphatic carbocycles. The fourth-order valence-corrected chi connectivity index (χ4v) is 4.88. The Morgan fingerprint density at radius 3 is 2.50 bits per heavy atom. The van der Waals surface area contributed by atoms with Gasteiger partial charge in [0.15, 0.2) is 5.96 Å². The van der Waals surface area contributed by atoms with Crippen molar-refractivity contribution >= 4 is 11.9 Å². The average Bonchev–Trinajstić information content (AvgIpc) is 3.24. The van der Waals surface area contributed by atoms with Gasteiger partial charge in [0.05, 0.1) is 12.5 Å². The van der Waals surface area contributed by atoms with Crippen LogP contribution in [0.4, 0.5) is 0 Å². The lowest BCUT2D eigenvalue weighted by atomic mass is 9.94.